The Kier molecular flexibility index (Phi) is 9.34. The largest absolute Gasteiger partial charge is 0.506 e. The molecule has 242 valence electrons. The van der Waals surface area contributed by atoms with Crippen LogP contribution in [-0.4, -0.2) is 35.5 Å². The second-order valence-corrected chi connectivity index (χ2v) is 11.3. The van der Waals surface area contributed by atoms with Gasteiger partial charge < -0.3 is 16.2 Å². The number of carbonyl (C=O) groups excluding carboxylic acids is 2. The molecule has 4 aromatic rings. The minimum absolute atomic E-state index is 0.219. The van der Waals surface area contributed by atoms with Gasteiger partial charge in [-0.25, -0.2) is 0 Å². The number of allylic oxidation sites excluding steroid dienone is 3. The molecule has 5 rings (SSSR count). The molecule has 0 spiro atoms. The first-order valence-electron chi connectivity index (χ1n) is 13.7. The van der Waals surface area contributed by atoms with Gasteiger partial charge in [0.2, 0.25) is 10.9 Å². The number of anilines is 4. The number of hydrogen-bond acceptors (Lipinski definition) is 14. The van der Waals surface area contributed by atoms with Crippen LogP contribution in [0.3, 0.4) is 0 Å². The maximum atomic E-state index is 12.9. The fourth-order valence-corrected chi connectivity index (χ4v) is 4.54. The Labute approximate surface area is 270 Å². The highest BCUT2D eigenvalue weighted by Gasteiger charge is 2.13. The Balaban J connectivity index is 1.23. The lowest BCUT2D eigenvalue weighted by Crippen LogP contribution is -2.47. The van der Waals surface area contributed by atoms with Gasteiger partial charge in [-0.3, -0.25) is 40.0 Å². The molecule has 0 aliphatic heterocycles. The van der Waals surface area contributed by atoms with Gasteiger partial charge in [-0.05, 0) is 91.0 Å². The molecule has 0 heterocycles. The number of phenols is 1. The summed E-state index contributed by atoms with van der Waals surface area (Å²) < 4.78 is 32.0. The highest BCUT2D eigenvalue weighted by Crippen LogP contribution is 2.26. The first-order chi connectivity index (χ1) is 22.9. The van der Waals surface area contributed by atoms with Crippen LogP contribution in [0.5, 0.6) is 5.75 Å². The Morgan fingerprint density at radius 2 is 1.40 bits per heavy atom. The van der Waals surface area contributed by atoms with E-state index in [0.717, 1.165) is 30.3 Å². The summed E-state index contributed by atoms with van der Waals surface area (Å²) in [5, 5.41) is 23.8. The third-order valence-corrected chi connectivity index (χ3v) is 7.38. The first-order valence-corrected chi connectivity index (χ1v) is 15.1. The molecule has 8 N–H and O–H groups in total. The summed E-state index contributed by atoms with van der Waals surface area (Å²) >= 11 is 0. The maximum Gasteiger partial charge on any atom is 0.294 e. The summed E-state index contributed by atoms with van der Waals surface area (Å²) in [6.45, 7) is 0. The normalized spacial score (nSPS) is 14.5. The van der Waals surface area contributed by atoms with Crippen LogP contribution >= 0.6 is 0 Å². The number of aromatic hydroxyl groups is 1. The molecule has 0 radical (unpaired) electrons. The van der Waals surface area contributed by atoms with Gasteiger partial charge in [-0.2, -0.15) is 23.7 Å². The van der Waals surface area contributed by atoms with Crippen molar-refractivity contribution in [1.29, 1.82) is 0 Å². The first kappa shape index (κ1) is 32.7. The Bertz CT molecular complexity index is 2360. The van der Waals surface area contributed by atoms with Crippen LogP contribution < -0.4 is 48.9 Å². The second kappa shape index (κ2) is 13.7. The molecule has 1 aliphatic rings. The van der Waals surface area contributed by atoms with Crippen molar-refractivity contribution in [2.24, 2.45) is 21.0 Å². The fourth-order valence-electron chi connectivity index (χ4n) is 4.03. The van der Waals surface area contributed by atoms with Crippen LogP contribution in [0.15, 0.2) is 133 Å². The zero-order valence-corrected chi connectivity index (χ0v) is 25.2. The summed E-state index contributed by atoms with van der Waals surface area (Å²) in [5.74, 6) is -1.05. The van der Waals surface area contributed by atoms with E-state index in [9.17, 15) is 37.3 Å². The van der Waals surface area contributed by atoms with E-state index in [2.05, 4.69) is 36.9 Å². The number of benzene rings is 4. The van der Waals surface area contributed by atoms with Crippen molar-refractivity contribution >= 4 is 50.3 Å². The van der Waals surface area contributed by atoms with E-state index < -0.39 is 42.9 Å². The molecule has 0 saturated carbocycles. The van der Waals surface area contributed by atoms with Crippen LogP contribution in [0.1, 0.15) is 10.4 Å². The summed E-state index contributed by atoms with van der Waals surface area (Å²) in [5.41, 5.74) is 14.1. The van der Waals surface area contributed by atoms with Crippen molar-refractivity contribution in [3.8, 4) is 5.75 Å². The van der Waals surface area contributed by atoms with Gasteiger partial charge in [0.25, 0.3) is 16.0 Å². The number of hydrazone groups is 1. The zero-order valence-electron chi connectivity index (χ0n) is 24.4. The number of amides is 1. The van der Waals surface area contributed by atoms with E-state index in [-0.39, 0.29) is 22.5 Å². The number of nitrogens with zero attached hydrogens (tertiary/aromatic N) is 3. The standard InChI is InChI=1S/C31H24N8O8S/c32-23-15-21(40)9-11-24(23)36-34-20-7-5-18(6-8-20)33-31(44)17-1-3-19(4-2-17)35-39-29-28(42)14-12-25(30(29)43)37-38-26-16-22(48(45,46)47)10-13-27(26)41/h1-16,34-35,38,41H,32H2,(H,33,44)(H,45,46,47)/b36-24+,37-25?,39-29+. The lowest BCUT2D eigenvalue weighted by atomic mass is 10.1. The third kappa shape index (κ3) is 7.91. The Morgan fingerprint density at radius 3 is 2.06 bits per heavy atom. The highest BCUT2D eigenvalue weighted by molar-refractivity contribution is 7.85. The van der Waals surface area contributed by atoms with Crippen LogP contribution in [0.25, 0.3) is 0 Å². The van der Waals surface area contributed by atoms with Gasteiger partial charge >= 0.3 is 0 Å². The molecule has 0 fully saturated rings. The average Bonchev–Trinajstić information content (AvgIpc) is 3.05. The monoisotopic (exact) mass is 668 g/mol. The van der Waals surface area contributed by atoms with Gasteiger partial charge in [0.05, 0.1) is 27.7 Å². The maximum absolute atomic E-state index is 12.9. The predicted molar refractivity (Wildman–Crippen MR) is 176 cm³/mol. The molecule has 0 unspecified atom stereocenters. The number of nitrogens with two attached hydrogens (primary N) is 1. The molecule has 1 aliphatic carbocycles. The molecule has 0 atom stereocenters. The number of hydrogen-bond donors (Lipinski definition) is 7. The molecule has 0 bridgehead atoms. The van der Waals surface area contributed by atoms with E-state index in [4.69, 9.17) is 5.73 Å². The summed E-state index contributed by atoms with van der Waals surface area (Å²) in [7, 11) is -4.57. The number of rotatable bonds is 9. The minimum Gasteiger partial charge on any atom is -0.506 e. The Morgan fingerprint density at radius 1 is 0.750 bits per heavy atom. The van der Waals surface area contributed by atoms with Gasteiger partial charge in [-0.15, -0.1) is 0 Å². The van der Waals surface area contributed by atoms with E-state index in [1.807, 2.05) is 0 Å². The van der Waals surface area contributed by atoms with Crippen molar-refractivity contribution in [3.63, 3.8) is 0 Å². The molecule has 0 saturated heterocycles. The average molecular weight is 669 g/mol. The predicted octanol–water partition coefficient (Wildman–Crippen LogP) is 1.09. The molecule has 16 nitrogen and oxygen atoms in total. The van der Waals surface area contributed by atoms with Crippen molar-refractivity contribution in [2.45, 2.75) is 4.90 Å². The fraction of sp³-hybridized carbons (Fsp3) is 0. The molecule has 1 amide bonds. The van der Waals surface area contributed by atoms with Gasteiger partial charge in [0, 0.05) is 17.3 Å². The zero-order chi connectivity index (χ0) is 34.4. The van der Waals surface area contributed by atoms with E-state index >= 15 is 0 Å². The van der Waals surface area contributed by atoms with Crippen molar-refractivity contribution in [2.75, 3.05) is 21.6 Å². The summed E-state index contributed by atoms with van der Waals surface area (Å²) in [6, 6.07) is 17.7. The third-order valence-electron chi connectivity index (χ3n) is 6.53. The number of carbonyl (C=O) groups is 2. The topological polar surface area (TPSA) is 254 Å². The lowest BCUT2D eigenvalue weighted by molar-refractivity contribution is -0.110. The van der Waals surface area contributed by atoms with Crippen molar-refractivity contribution in [3.05, 3.63) is 140 Å². The smallest absolute Gasteiger partial charge is 0.294 e. The minimum atomic E-state index is -4.57. The van der Waals surface area contributed by atoms with Crippen molar-refractivity contribution < 1.29 is 27.7 Å². The van der Waals surface area contributed by atoms with Crippen molar-refractivity contribution in [1.82, 2.24) is 0 Å². The Hall–Kier alpha value is -6.72. The van der Waals surface area contributed by atoms with E-state index in [1.165, 1.54) is 42.5 Å². The molecule has 0 aromatic heterocycles. The van der Waals surface area contributed by atoms with Crippen LogP contribution in [0.2, 0.25) is 0 Å². The van der Waals surface area contributed by atoms with E-state index in [1.54, 1.807) is 24.3 Å². The van der Waals surface area contributed by atoms with Gasteiger partial charge in [0.15, 0.2) is 11.1 Å². The van der Waals surface area contributed by atoms with Crippen LogP contribution in [-0.2, 0) is 14.9 Å². The second-order valence-electron chi connectivity index (χ2n) is 9.91. The van der Waals surface area contributed by atoms with Gasteiger partial charge in [0.1, 0.15) is 16.8 Å². The molecule has 4 aromatic carbocycles. The van der Waals surface area contributed by atoms with Crippen LogP contribution in [0, 0.1) is 0 Å². The molecular weight excluding hydrogens is 644 g/mol. The SMILES string of the molecule is NC1=CC(=O)C=C/C1=N\Nc1ccc(NC(=O)c2ccc(N/N=c3\c(=O)ccc(=NNc4cc(S(=O)(=O)O)ccc4O)c3=O)cc2)cc1. The number of nitrogens with one attached hydrogen (secondary N) is 4. The van der Waals surface area contributed by atoms with E-state index in [0.29, 0.717) is 28.3 Å². The quantitative estimate of drug-likeness (QED) is 0.0573. The number of phenolic OH excluding ortho intramolecular Hbond substituents is 1. The molecule has 17 heteroatoms. The number of ketones is 1. The lowest BCUT2D eigenvalue weighted by Gasteiger charge is -2.09. The molecule has 48 heavy (non-hydrogen) atoms. The van der Waals surface area contributed by atoms with Gasteiger partial charge in [-0.1, -0.05) is 0 Å². The summed E-state index contributed by atoms with van der Waals surface area (Å²) in [4.78, 5) is 48.8. The van der Waals surface area contributed by atoms with Crippen LogP contribution in [0.4, 0.5) is 22.7 Å². The molecular formula is C31H24N8O8S. The summed E-state index contributed by atoms with van der Waals surface area (Å²) in [6.07, 6.45) is 4.12. The highest BCUT2D eigenvalue weighted by atomic mass is 32.2.